The summed E-state index contributed by atoms with van der Waals surface area (Å²) in [6.45, 7) is 4.04. The first-order chi connectivity index (χ1) is 12.6. The molecule has 0 aliphatic carbocycles. The minimum absolute atomic E-state index is 0.0921. The monoisotopic (exact) mass is 390 g/mol. The average Bonchev–Trinajstić information content (AvgIpc) is 2.59. The molecule has 0 spiro atoms. The van der Waals surface area contributed by atoms with E-state index in [0.717, 1.165) is 22.9 Å². The van der Waals surface area contributed by atoms with Crippen LogP contribution in [0.3, 0.4) is 0 Å². The first kappa shape index (κ1) is 21.1. The summed E-state index contributed by atoms with van der Waals surface area (Å²) in [6, 6.07) is 11.2. The maximum Gasteiger partial charge on any atom is 0.240 e. The van der Waals surface area contributed by atoms with Crippen molar-refractivity contribution in [3.05, 3.63) is 64.7 Å². The molecule has 6 nitrogen and oxygen atoms in total. The highest BCUT2D eigenvalue weighted by atomic mass is 32.2. The second kappa shape index (κ2) is 8.65. The summed E-state index contributed by atoms with van der Waals surface area (Å²) in [5.41, 5.74) is 9.50. The van der Waals surface area contributed by atoms with Gasteiger partial charge < -0.3 is 15.8 Å². The Balaban J connectivity index is 2.51. The van der Waals surface area contributed by atoms with Crippen molar-refractivity contribution in [2.24, 2.45) is 5.73 Å². The molecule has 0 aliphatic heterocycles. The van der Waals surface area contributed by atoms with E-state index in [9.17, 15) is 13.2 Å². The van der Waals surface area contributed by atoms with Gasteiger partial charge in [0.2, 0.25) is 5.91 Å². The van der Waals surface area contributed by atoms with Crippen molar-refractivity contribution in [2.75, 3.05) is 20.0 Å². The highest BCUT2D eigenvalue weighted by Gasteiger charge is 2.23. The highest BCUT2D eigenvalue weighted by Crippen LogP contribution is 2.27. The van der Waals surface area contributed by atoms with Gasteiger partial charge in [-0.1, -0.05) is 35.9 Å². The van der Waals surface area contributed by atoms with Crippen LogP contribution in [0.5, 0.6) is 0 Å². The Kier molecular flexibility index (Phi) is 6.75. The predicted octanol–water partition coefficient (Wildman–Crippen LogP) is 1.89. The van der Waals surface area contributed by atoms with Crippen LogP contribution in [0.15, 0.2) is 47.4 Å². The summed E-state index contributed by atoms with van der Waals surface area (Å²) in [7, 11) is -1.89. The number of rotatable bonds is 7. The fraction of sp³-hybridized carbons (Fsp3) is 0.350. The Hall–Kier alpha value is -2.22. The molecule has 0 saturated heterocycles. The Morgan fingerprint density at radius 3 is 2.48 bits per heavy atom. The molecule has 0 fully saturated rings. The van der Waals surface area contributed by atoms with Gasteiger partial charge in [0.25, 0.3) is 0 Å². The van der Waals surface area contributed by atoms with Gasteiger partial charge in [-0.25, -0.2) is 8.42 Å². The second-order valence-electron chi connectivity index (χ2n) is 6.71. The summed E-state index contributed by atoms with van der Waals surface area (Å²) in [5, 5.41) is 2.93. The fourth-order valence-electron chi connectivity index (χ4n) is 2.92. The molecule has 0 saturated carbocycles. The van der Waals surface area contributed by atoms with Crippen molar-refractivity contribution in [3.63, 3.8) is 0 Å². The van der Waals surface area contributed by atoms with Crippen molar-refractivity contribution in [1.82, 2.24) is 5.32 Å². The Morgan fingerprint density at radius 2 is 1.89 bits per heavy atom. The smallest absolute Gasteiger partial charge is 0.240 e. The molecule has 0 aliphatic rings. The zero-order valence-corrected chi connectivity index (χ0v) is 16.8. The van der Waals surface area contributed by atoms with Gasteiger partial charge in [0.05, 0.1) is 17.5 Å². The van der Waals surface area contributed by atoms with Crippen LogP contribution in [0.1, 0.15) is 28.3 Å². The molecular weight excluding hydrogens is 364 g/mol. The molecule has 1 amide bonds. The van der Waals surface area contributed by atoms with Crippen molar-refractivity contribution >= 4 is 15.7 Å². The molecule has 0 bridgehead atoms. The van der Waals surface area contributed by atoms with Gasteiger partial charge in [-0.2, -0.15) is 0 Å². The van der Waals surface area contributed by atoms with Gasteiger partial charge in [-0.15, -0.1) is 0 Å². The molecule has 2 aromatic carbocycles. The summed E-state index contributed by atoms with van der Waals surface area (Å²) < 4.78 is 28.9. The third-order valence-corrected chi connectivity index (χ3v) is 5.44. The molecule has 146 valence electrons. The molecule has 2 atom stereocenters. The minimum Gasteiger partial charge on any atom is -0.383 e. The van der Waals surface area contributed by atoms with E-state index in [-0.39, 0.29) is 17.4 Å². The van der Waals surface area contributed by atoms with Crippen molar-refractivity contribution in [3.8, 4) is 0 Å². The maximum absolute atomic E-state index is 12.5. The lowest BCUT2D eigenvalue weighted by Crippen LogP contribution is -2.45. The number of methoxy groups -OCH3 is 1. The van der Waals surface area contributed by atoms with Gasteiger partial charge in [-0.3, -0.25) is 4.79 Å². The van der Waals surface area contributed by atoms with Crippen LogP contribution in [-0.4, -0.2) is 40.3 Å². The number of carbonyl (C=O) groups is 1. The zero-order chi connectivity index (χ0) is 20.2. The van der Waals surface area contributed by atoms with E-state index in [1.807, 2.05) is 32.0 Å². The Labute approximate surface area is 160 Å². The number of carbonyl (C=O) groups excluding carboxylic acids is 1. The standard InChI is InChI=1S/C20H26N2O4S/c1-13-8-9-17(14(2)10-13)19(22-20(23)18(21)12-26-3)15-6-5-7-16(11-15)27(4,24)25/h5-11,18-19H,12,21H2,1-4H3,(H,22,23). The van der Waals surface area contributed by atoms with Crippen LogP contribution < -0.4 is 11.1 Å². The Morgan fingerprint density at radius 1 is 1.19 bits per heavy atom. The lowest BCUT2D eigenvalue weighted by Gasteiger charge is -2.24. The lowest BCUT2D eigenvalue weighted by atomic mass is 9.93. The van der Waals surface area contributed by atoms with Crippen molar-refractivity contribution < 1.29 is 17.9 Å². The lowest BCUT2D eigenvalue weighted by molar-refractivity contribution is -0.123. The number of sulfone groups is 1. The SMILES string of the molecule is COCC(N)C(=O)NC(c1cccc(S(C)(=O)=O)c1)c1ccc(C)cc1C. The molecule has 2 aromatic rings. The highest BCUT2D eigenvalue weighted by molar-refractivity contribution is 7.90. The van der Waals surface area contributed by atoms with E-state index >= 15 is 0 Å². The molecule has 2 unspecified atom stereocenters. The van der Waals surface area contributed by atoms with Crippen LogP contribution in [0, 0.1) is 13.8 Å². The van der Waals surface area contributed by atoms with E-state index in [2.05, 4.69) is 5.32 Å². The topological polar surface area (TPSA) is 98.5 Å². The summed E-state index contributed by atoms with van der Waals surface area (Å²) in [4.78, 5) is 12.7. The summed E-state index contributed by atoms with van der Waals surface area (Å²) >= 11 is 0. The fourth-order valence-corrected chi connectivity index (χ4v) is 3.60. The van der Waals surface area contributed by atoms with Crippen molar-refractivity contribution in [2.45, 2.75) is 30.8 Å². The third-order valence-electron chi connectivity index (χ3n) is 4.33. The number of ether oxygens (including phenoxy) is 1. The number of nitrogens with one attached hydrogen (secondary N) is 1. The van der Waals surface area contributed by atoms with Gasteiger partial charge in [-0.05, 0) is 42.7 Å². The molecule has 0 radical (unpaired) electrons. The molecule has 27 heavy (non-hydrogen) atoms. The first-order valence-corrected chi connectivity index (χ1v) is 10.4. The van der Waals surface area contributed by atoms with Crippen LogP contribution in [-0.2, 0) is 19.4 Å². The maximum atomic E-state index is 12.5. The predicted molar refractivity (Wildman–Crippen MR) is 105 cm³/mol. The second-order valence-corrected chi connectivity index (χ2v) is 8.72. The quantitative estimate of drug-likeness (QED) is 0.752. The van der Waals surface area contributed by atoms with E-state index in [1.165, 1.54) is 13.2 Å². The van der Waals surface area contributed by atoms with E-state index < -0.39 is 21.9 Å². The molecule has 2 rings (SSSR count). The number of hydrogen-bond donors (Lipinski definition) is 2. The first-order valence-electron chi connectivity index (χ1n) is 8.55. The number of hydrogen-bond acceptors (Lipinski definition) is 5. The Bertz CT molecular complexity index is 925. The number of benzene rings is 2. The number of nitrogens with two attached hydrogens (primary N) is 1. The normalized spacial score (nSPS) is 13.8. The van der Waals surface area contributed by atoms with E-state index in [0.29, 0.717) is 5.56 Å². The van der Waals surface area contributed by atoms with Crippen LogP contribution >= 0.6 is 0 Å². The average molecular weight is 391 g/mol. The van der Waals surface area contributed by atoms with Crippen LogP contribution in [0.4, 0.5) is 0 Å². The van der Waals surface area contributed by atoms with E-state index in [1.54, 1.807) is 18.2 Å². The third kappa shape index (κ3) is 5.38. The van der Waals surface area contributed by atoms with Gasteiger partial charge in [0, 0.05) is 13.4 Å². The molecule has 7 heteroatoms. The zero-order valence-electron chi connectivity index (χ0n) is 16.0. The molecule has 3 N–H and O–H groups in total. The van der Waals surface area contributed by atoms with Crippen LogP contribution in [0.2, 0.25) is 0 Å². The number of aryl methyl sites for hydroxylation is 2. The molecule has 0 heterocycles. The minimum atomic E-state index is -3.37. The number of amides is 1. The molecule has 0 aromatic heterocycles. The molecular formula is C20H26N2O4S. The van der Waals surface area contributed by atoms with Crippen molar-refractivity contribution in [1.29, 1.82) is 0 Å². The van der Waals surface area contributed by atoms with Gasteiger partial charge >= 0.3 is 0 Å². The van der Waals surface area contributed by atoms with Crippen LogP contribution in [0.25, 0.3) is 0 Å². The largest absolute Gasteiger partial charge is 0.383 e. The summed E-state index contributed by atoms with van der Waals surface area (Å²) in [5.74, 6) is -0.369. The van der Waals surface area contributed by atoms with Gasteiger partial charge in [0.1, 0.15) is 6.04 Å². The van der Waals surface area contributed by atoms with E-state index in [4.69, 9.17) is 10.5 Å². The van der Waals surface area contributed by atoms with Gasteiger partial charge in [0.15, 0.2) is 9.84 Å². The summed E-state index contributed by atoms with van der Waals surface area (Å²) in [6.07, 6.45) is 1.16.